The summed E-state index contributed by atoms with van der Waals surface area (Å²) >= 11 is 0. The highest BCUT2D eigenvalue weighted by Gasteiger charge is 2.21. The Kier molecular flexibility index (Phi) is 4.90. The molecule has 1 aromatic rings. The zero-order chi connectivity index (χ0) is 12.8. The molecule has 0 heterocycles. The fourth-order valence-electron chi connectivity index (χ4n) is 1.58. The molecule has 0 spiro atoms. The molecule has 94 valence electrons. The summed E-state index contributed by atoms with van der Waals surface area (Å²) in [6.07, 6.45) is 0.0943. The number of hydrogen-bond donors (Lipinski definition) is 0. The molecule has 0 aromatic heterocycles. The van der Waals surface area contributed by atoms with Crippen LogP contribution in [0.5, 0.6) is 5.75 Å². The SMILES string of the molecule is COc1ccc([C@H](C[C@H](C)[N+](=O)[O-])OC)cc1. The molecule has 2 atom stereocenters. The molecule has 0 aliphatic carbocycles. The van der Waals surface area contributed by atoms with E-state index < -0.39 is 6.04 Å². The quantitative estimate of drug-likeness (QED) is 0.565. The monoisotopic (exact) mass is 239 g/mol. The number of rotatable bonds is 6. The van der Waals surface area contributed by atoms with Gasteiger partial charge in [-0.15, -0.1) is 0 Å². The highest BCUT2D eigenvalue weighted by molar-refractivity contribution is 5.28. The van der Waals surface area contributed by atoms with Crippen LogP contribution in [0.2, 0.25) is 0 Å². The molecule has 5 heteroatoms. The van der Waals surface area contributed by atoms with Crippen LogP contribution in [0.25, 0.3) is 0 Å². The van der Waals surface area contributed by atoms with Crippen LogP contribution in [0, 0.1) is 10.1 Å². The lowest BCUT2D eigenvalue weighted by molar-refractivity contribution is -0.520. The van der Waals surface area contributed by atoms with Crippen LogP contribution in [-0.4, -0.2) is 25.2 Å². The molecule has 1 rings (SSSR count). The average molecular weight is 239 g/mol. The molecular formula is C12H17NO4. The third-order valence-electron chi connectivity index (χ3n) is 2.69. The van der Waals surface area contributed by atoms with Crippen LogP contribution in [0.3, 0.4) is 0 Å². The van der Waals surface area contributed by atoms with Gasteiger partial charge in [-0.3, -0.25) is 10.1 Å². The fraction of sp³-hybridized carbons (Fsp3) is 0.500. The lowest BCUT2D eigenvalue weighted by Crippen LogP contribution is -2.19. The summed E-state index contributed by atoms with van der Waals surface area (Å²) in [5.41, 5.74) is 0.919. The number of nitrogens with zero attached hydrogens (tertiary/aromatic N) is 1. The van der Waals surface area contributed by atoms with Crippen molar-refractivity contribution in [1.82, 2.24) is 0 Å². The molecule has 0 bridgehead atoms. The maximum Gasteiger partial charge on any atom is 0.213 e. The Labute approximate surface area is 101 Å². The van der Waals surface area contributed by atoms with E-state index in [-0.39, 0.29) is 11.0 Å². The molecule has 0 saturated carbocycles. The van der Waals surface area contributed by atoms with E-state index in [9.17, 15) is 10.1 Å². The molecule has 17 heavy (non-hydrogen) atoms. The van der Waals surface area contributed by atoms with E-state index in [1.807, 2.05) is 24.3 Å². The van der Waals surface area contributed by atoms with Crippen LogP contribution < -0.4 is 4.74 Å². The minimum absolute atomic E-state index is 0.263. The van der Waals surface area contributed by atoms with Gasteiger partial charge in [0.25, 0.3) is 0 Å². The third-order valence-corrected chi connectivity index (χ3v) is 2.69. The zero-order valence-corrected chi connectivity index (χ0v) is 10.3. The number of nitro groups is 1. The van der Waals surface area contributed by atoms with E-state index in [0.29, 0.717) is 6.42 Å². The van der Waals surface area contributed by atoms with Gasteiger partial charge in [0.1, 0.15) is 5.75 Å². The van der Waals surface area contributed by atoms with Gasteiger partial charge in [-0.05, 0) is 17.7 Å². The predicted molar refractivity (Wildman–Crippen MR) is 63.8 cm³/mol. The second-order valence-corrected chi connectivity index (χ2v) is 3.87. The van der Waals surface area contributed by atoms with Crippen LogP contribution in [-0.2, 0) is 4.74 Å². The van der Waals surface area contributed by atoms with Crippen molar-refractivity contribution >= 4 is 0 Å². The number of methoxy groups -OCH3 is 2. The highest BCUT2D eigenvalue weighted by Crippen LogP contribution is 2.24. The normalized spacial score (nSPS) is 14.1. The number of benzene rings is 1. The minimum atomic E-state index is -0.623. The van der Waals surface area contributed by atoms with Crippen molar-refractivity contribution in [3.05, 3.63) is 39.9 Å². The van der Waals surface area contributed by atoms with Crippen molar-refractivity contribution in [2.24, 2.45) is 0 Å². The molecule has 0 aliphatic heterocycles. The first-order chi connectivity index (χ1) is 8.08. The van der Waals surface area contributed by atoms with Crippen LogP contribution >= 0.6 is 0 Å². The summed E-state index contributed by atoms with van der Waals surface area (Å²) < 4.78 is 10.3. The maximum absolute atomic E-state index is 10.6. The summed E-state index contributed by atoms with van der Waals surface area (Å²) in [6, 6.07) is 6.73. The molecule has 1 aromatic carbocycles. The first-order valence-corrected chi connectivity index (χ1v) is 5.38. The second-order valence-electron chi connectivity index (χ2n) is 3.87. The van der Waals surface area contributed by atoms with Crippen molar-refractivity contribution in [3.63, 3.8) is 0 Å². The second kappa shape index (κ2) is 6.20. The topological polar surface area (TPSA) is 61.6 Å². The van der Waals surface area contributed by atoms with Gasteiger partial charge in [0.05, 0.1) is 13.2 Å². The summed E-state index contributed by atoms with van der Waals surface area (Å²) in [4.78, 5) is 10.3. The Hall–Kier alpha value is -1.62. The van der Waals surface area contributed by atoms with Crippen LogP contribution in [0.1, 0.15) is 25.0 Å². The minimum Gasteiger partial charge on any atom is -0.497 e. The molecule has 0 unspecified atom stereocenters. The van der Waals surface area contributed by atoms with E-state index in [1.54, 1.807) is 21.1 Å². The van der Waals surface area contributed by atoms with E-state index in [2.05, 4.69) is 0 Å². The smallest absolute Gasteiger partial charge is 0.213 e. The number of ether oxygens (including phenoxy) is 2. The Bertz CT molecular complexity index is 363. The van der Waals surface area contributed by atoms with Gasteiger partial charge >= 0.3 is 0 Å². The lowest BCUT2D eigenvalue weighted by Gasteiger charge is -2.16. The molecule has 0 N–H and O–H groups in total. The molecule has 0 aliphatic rings. The van der Waals surface area contributed by atoms with Crippen molar-refractivity contribution in [3.8, 4) is 5.75 Å². The van der Waals surface area contributed by atoms with Crippen molar-refractivity contribution < 1.29 is 14.4 Å². The molecule has 0 fully saturated rings. The summed E-state index contributed by atoms with van der Waals surface area (Å²) in [6.45, 7) is 1.58. The van der Waals surface area contributed by atoms with Crippen LogP contribution in [0.15, 0.2) is 24.3 Å². The first-order valence-electron chi connectivity index (χ1n) is 5.38. The predicted octanol–water partition coefficient (Wildman–Crippen LogP) is 2.44. The van der Waals surface area contributed by atoms with Crippen LogP contribution in [0.4, 0.5) is 0 Å². The lowest BCUT2D eigenvalue weighted by atomic mass is 10.0. The van der Waals surface area contributed by atoms with Gasteiger partial charge in [-0.25, -0.2) is 0 Å². The largest absolute Gasteiger partial charge is 0.497 e. The van der Waals surface area contributed by atoms with Gasteiger partial charge in [0.15, 0.2) is 0 Å². The highest BCUT2D eigenvalue weighted by atomic mass is 16.6. The van der Waals surface area contributed by atoms with Gasteiger partial charge in [0, 0.05) is 25.4 Å². The average Bonchev–Trinajstić information content (AvgIpc) is 2.35. The molecule has 0 saturated heterocycles. The summed E-state index contributed by atoms with van der Waals surface area (Å²) in [7, 11) is 3.15. The van der Waals surface area contributed by atoms with E-state index >= 15 is 0 Å². The van der Waals surface area contributed by atoms with E-state index in [0.717, 1.165) is 11.3 Å². The van der Waals surface area contributed by atoms with Gasteiger partial charge in [0.2, 0.25) is 6.04 Å². The molecule has 5 nitrogen and oxygen atoms in total. The zero-order valence-electron chi connectivity index (χ0n) is 10.3. The van der Waals surface area contributed by atoms with E-state index in [4.69, 9.17) is 9.47 Å². The summed E-state index contributed by atoms with van der Waals surface area (Å²) in [5, 5.41) is 10.6. The maximum atomic E-state index is 10.6. The van der Waals surface area contributed by atoms with Gasteiger partial charge < -0.3 is 9.47 Å². The third kappa shape index (κ3) is 3.71. The Balaban J connectivity index is 2.75. The standard InChI is InChI=1S/C12H17NO4/c1-9(13(14)15)8-12(17-3)10-4-6-11(16-2)7-5-10/h4-7,9,12H,8H2,1-3H3/t9-,12-/m0/s1. The first kappa shape index (κ1) is 13.4. The molecule has 0 radical (unpaired) electrons. The van der Waals surface area contributed by atoms with Gasteiger partial charge in [-0.1, -0.05) is 12.1 Å². The molecule has 0 amide bonds. The van der Waals surface area contributed by atoms with Crippen molar-refractivity contribution in [2.75, 3.05) is 14.2 Å². The van der Waals surface area contributed by atoms with Crippen molar-refractivity contribution in [2.45, 2.75) is 25.5 Å². The van der Waals surface area contributed by atoms with Crippen molar-refractivity contribution in [1.29, 1.82) is 0 Å². The summed E-state index contributed by atoms with van der Waals surface area (Å²) in [5.74, 6) is 0.755. The molecular weight excluding hydrogens is 222 g/mol. The Morgan fingerprint density at radius 2 is 1.88 bits per heavy atom. The fourth-order valence-corrected chi connectivity index (χ4v) is 1.58. The Morgan fingerprint density at radius 3 is 2.29 bits per heavy atom. The Morgan fingerprint density at radius 1 is 1.29 bits per heavy atom. The van der Waals surface area contributed by atoms with Gasteiger partial charge in [-0.2, -0.15) is 0 Å². The number of hydrogen-bond acceptors (Lipinski definition) is 4. The van der Waals surface area contributed by atoms with E-state index in [1.165, 1.54) is 0 Å².